The molecule has 0 amide bonds. The molecule has 1 atom stereocenters. The summed E-state index contributed by atoms with van der Waals surface area (Å²) in [7, 11) is 0. The van der Waals surface area contributed by atoms with E-state index in [4.69, 9.17) is 37.9 Å². The summed E-state index contributed by atoms with van der Waals surface area (Å²) in [4.78, 5) is 59.1. The van der Waals surface area contributed by atoms with Crippen LogP contribution in [0.3, 0.4) is 0 Å². The van der Waals surface area contributed by atoms with Gasteiger partial charge in [0.05, 0.1) is 44.2 Å². The van der Waals surface area contributed by atoms with Crippen LogP contribution in [0.2, 0.25) is 0 Å². The van der Waals surface area contributed by atoms with Crippen LogP contribution in [0.1, 0.15) is 45.5 Å². The van der Waals surface area contributed by atoms with Crippen molar-refractivity contribution in [3.05, 3.63) is 127 Å². The Balaban J connectivity index is 1.36. The van der Waals surface area contributed by atoms with E-state index in [1.54, 1.807) is 72.8 Å². The van der Waals surface area contributed by atoms with E-state index in [9.17, 15) is 24.0 Å². The highest BCUT2D eigenvalue weighted by Gasteiger charge is 2.16. The molecule has 0 fully saturated rings. The molecular weight excluding hydrogens is 700 g/mol. The van der Waals surface area contributed by atoms with Gasteiger partial charge in [0.1, 0.15) is 23.9 Å². The summed E-state index contributed by atoms with van der Waals surface area (Å²) in [5, 5.41) is 0. The lowest BCUT2D eigenvalue weighted by molar-refractivity contribution is -0.148. The molecule has 54 heavy (non-hydrogen) atoms. The normalized spacial score (nSPS) is 10.9. The molecule has 0 heterocycles. The van der Waals surface area contributed by atoms with Crippen LogP contribution in [-0.2, 0) is 44.5 Å². The third-order valence-electron chi connectivity index (χ3n) is 7.19. The van der Waals surface area contributed by atoms with Gasteiger partial charge in [-0.2, -0.15) is 0 Å². The summed E-state index contributed by atoms with van der Waals surface area (Å²) >= 11 is 0. The van der Waals surface area contributed by atoms with Gasteiger partial charge in [-0.1, -0.05) is 31.9 Å². The van der Waals surface area contributed by atoms with Gasteiger partial charge in [-0.3, -0.25) is 0 Å². The van der Waals surface area contributed by atoms with E-state index in [0.29, 0.717) is 67.3 Å². The second-order valence-corrected chi connectivity index (χ2v) is 11.3. The fourth-order valence-corrected chi connectivity index (χ4v) is 4.36. The molecular formula is C41H44O13. The number of esters is 5. The Morgan fingerprint density at radius 3 is 1.67 bits per heavy atom. The average Bonchev–Trinajstić information content (AvgIpc) is 3.19. The van der Waals surface area contributed by atoms with Crippen molar-refractivity contribution >= 4 is 29.8 Å². The summed E-state index contributed by atoms with van der Waals surface area (Å²) in [5.74, 6) is -1.29. The molecule has 0 aliphatic rings. The lowest BCUT2D eigenvalue weighted by Gasteiger charge is -2.18. The maximum Gasteiger partial charge on any atom is 0.343 e. The maximum absolute atomic E-state index is 12.7. The Bertz CT molecular complexity index is 1680. The first-order valence-electron chi connectivity index (χ1n) is 17.1. The Hall–Kier alpha value is -6.21. The highest BCUT2D eigenvalue weighted by molar-refractivity contribution is 5.91. The minimum atomic E-state index is -0.715. The van der Waals surface area contributed by atoms with Crippen LogP contribution < -0.4 is 14.2 Å². The van der Waals surface area contributed by atoms with Crippen LogP contribution in [0, 0.1) is 0 Å². The third-order valence-corrected chi connectivity index (χ3v) is 7.19. The van der Waals surface area contributed by atoms with Gasteiger partial charge in [0, 0.05) is 37.7 Å². The smallest absolute Gasteiger partial charge is 0.343 e. The summed E-state index contributed by atoms with van der Waals surface area (Å²) in [6, 6.07) is 19.7. The highest BCUT2D eigenvalue weighted by Crippen LogP contribution is 2.18. The van der Waals surface area contributed by atoms with Crippen molar-refractivity contribution in [3.8, 4) is 17.2 Å². The first-order valence-corrected chi connectivity index (χ1v) is 17.1. The minimum absolute atomic E-state index is 0.00526. The van der Waals surface area contributed by atoms with E-state index < -0.39 is 36.0 Å². The van der Waals surface area contributed by atoms with Gasteiger partial charge in [-0.15, -0.1) is 0 Å². The molecule has 3 aromatic carbocycles. The van der Waals surface area contributed by atoms with Crippen LogP contribution in [-0.4, -0.2) is 82.2 Å². The molecule has 13 nitrogen and oxygen atoms in total. The van der Waals surface area contributed by atoms with E-state index in [0.717, 1.165) is 23.8 Å². The fourth-order valence-electron chi connectivity index (χ4n) is 4.36. The molecule has 0 bridgehead atoms. The lowest BCUT2D eigenvalue weighted by Crippen LogP contribution is -2.29. The summed E-state index contributed by atoms with van der Waals surface area (Å²) in [6.45, 7) is 11.5. The molecule has 3 aromatic rings. The second kappa shape index (κ2) is 24.1. The summed E-state index contributed by atoms with van der Waals surface area (Å²) in [5.41, 5.74) is 1.55. The van der Waals surface area contributed by atoms with Gasteiger partial charge in [0.15, 0.2) is 6.10 Å². The number of ether oxygens (including phenoxy) is 8. The van der Waals surface area contributed by atoms with Crippen molar-refractivity contribution in [1.29, 1.82) is 0 Å². The lowest BCUT2D eigenvalue weighted by atomic mass is 10.1. The number of unbranched alkanes of at least 4 members (excludes halogenated alkanes) is 1. The molecule has 0 aromatic heterocycles. The number of carbonyl (C=O) groups is 5. The minimum Gasteiger partial charge on any atom is -0.493 e. The molecule has 0 N–H and O–H groups in total. The van der Waals surface area contributed by atoms with Gasteiger partial charge in [0.25, 0.3) is 0 Å². The summed E-state index contributed by atoms with van der Waals surface area (Å²) < 4.78 is 42.9. The van der Waals surface area contributed by atoms with E-state index in [1.807, 2.05) is 0 Å². The van der Waals surface area contributed by atoms with E-state index in [1.165, 1.54) is 0 Å². The SMILES string of the molecule is C=CC(=O)OCCCCOCC(COc1ccc(C(=O)Oc2ccc(CCOC(=O)c3ccc(OCCCOC(=O)C=C)cc3)cc2)cc1)OC(=O)C=C. The van der Waals surface area contributed by atoms with Crippen LogP contribution in [0.4, 0.5) is 0 Å². The van der Waals surface area contributed by atoms with Gasteiger partial charge >= 0.3 is 29.8 Å². The number of benzene rings is 3. The van der Waals surface area contributed by atoms with Crippen molar-refractivity contribution in [2.45, 2.75) is 31.8 Å². The van der Waals surface area contributed by atoms with Crippen molar-refractivity contribution in [2.75, 3.05) is 46.2 Å². The summed E-state index contributed by atoms with van der Waals surface area (Å²) in [6.07, 6.45) is 4.73. The first-order chi connectivity index (χ1) is 26.2. The van der Waals surface area contributed by atoms with Crippen LogP contribution in [0.25, 0.3) is 0 Å². The Kier molecular flexibility index (Phi) is 18.8. The Labute approximate surface area is 314 Å². The fraction of sp³-hybridized carbons (Fsp3) is 0.293. The number of hydrogen-bond acceptors (Lipinski definition) is 13. The molecule has 1 unspecified atom stereocenters. The predicted octanol–water partition coefficient (Wildman–Crippen LogP) is 5.81. The predicted molar refractivity (Wildman–Crippen MR) is 196 cm³/mol. The molecule has 0 saturated carbocycles. The van der Waals surface area contributed by atoms with E-state index >= 15 is 0 Å². The monoisotopic (exact) mass is 744 g/mol. The van der Waals surface area contributed by atoms with E-state index in [-0.39, 0.29) is 33.0 Å². The largest absolute Gasteiger partial charge is 0.493 e. The zero-order valence-electron chi connectivity index (χ0n) is 29.9. The number of rotatable bonds is 25. The average molecular weight is 745 g/mol. The van der Waals surface area contributed by atoms with Gasteiger partial charge in [0.2, 0.25) is 0 Å². The maximum atomic E-state index is 12.7. The molecule has 286 valence electrons. The van der Waals surface area contributed by atoms with Crippen molar-refractivity contribution < 1.29 is 61.9 Å². The number of carbonyl (C=O) groups excluding carboxylic acids is 5. The molecule has 0 aliphatic carbocycles. The number of hydrogen-bond donors (Lipinski definition) is 0. The van der Waals surface area contributed by atoms with Gasteiger partial charge in [-0.05, 0) is 79.1 Å². The molecule has 0 aliphatic heterocycles. The van der Waals surface area contributed by atoms with Gasteiger partial charge < -0.3 is 37.9 Å². The van der Waals surface area contributed by atoms with Crippen molar-refractivity contribution in [1.82, 2.24) is 0 Å². The standard InChI is InChI=1S/C41H44O13/c1-4-37(42)49-24-8-7-23-47-28-36(53-39(44)6-3)29-52-34-20-14-32(15-21-34)41(46)54-35-16-10-30(11-17-35)22-27-51-40(45)31-12-18-33(19-13-31)48-25-9-26-50-38(43)5-2/h4-6,10-21,36H,1-3,7-9,22-29H2. The van der Waals surface area contributed by atoms with Crippen LogP contribution in [0.15, 0.2) is 111 Å². The van der Waals surface area contributed by atoms with Crippen LogP contribution in [0.5, 0.6) is 17.2 Å². The van der Waals surface area contributed by atoms with E-state index in [2.05, 4.69) is 19.7 Å². The molecule has 13 heteroatoms. The topological polar surface area (TPSA) is 159 Å². The third kappa shape index (κ3) is 16.4. The second-order valence-electron chi connectivity index (χ2n) is 11.3. The van der Waals surface area contributed by atoms with Gasteiger partial charge in [-0.25, -0.2) is 24.0 Å². The molecule has 0 radical (unpaired) electrons. The van der Waals surface area contributed by atoms with Crippen molar-refractivity contribution in [3.63, 3.8) is 0 Å². The van der Waals surface area contributed by atoms with Crippen molar-refractivity contribution in [2.24, 2.45) is 0 Å². The first kappa shape index (κ1) is 42.2. The molecule has 3 rings (SSSR count). The molecule has 0 saturated heterocycles. The molecule has 0 spiro atoms. The Morgan fingerprint density at radius 2 is 1.06 bits per heavy atom. The quantitative estimate of drug-likeness (QED) is 0.0337. The zero-order chi connectivity index (χ0) is 39.0. The van der Waals surface area contributed by atoms with Crippen LogP contribution >= 0.6 is 0 Å². The Morgan fingerprint density at radius 1 is 0.519 bits per heavy atom. The highest BCUT2D eigenvalue weighted by atomic mass is 16.6. The zero-order valence-corrected chi connectivity index (χ0v) is 29.9.